The fraction of sp³-hybridized carbons (Fsp3) is 0.545. The Morgan fingerprint density at radius 2 is 2.04 bits per heavy atom. The van der Waals surface area contributed by atoms with Gasteiger partial charge < -0.3 is 14.5 Å². The lowest BCUT2D eigenvalue weighted by Crippen LogP contribution is -2.48. The number of fused-ring (bicyclic) bond motifs is 1. The summed E-state index contributed by atoms with van der Waals surface area (Å²) in [6.07, 6.45) is 3.79. The third-order valence-electron chi connectivity index (χ3n) is 6.73. The van der Waals surface area contributed by atoms with E-state index in [9.17, 15) is 9.59 Å². The smallest absolute Gasteiger partial charge is 0.230 e. The molecule has 0 aromatic heterocycles. The van der Waals surface area contributed by atoms with Crippen LogP contribution in [-0.2, 0) is 20.9 Å². The van der Waals surface area contributed by atoms with Gasteiger partial charge in [0.2, 0.25) is 11.8 Å². The van der Waals surface area contributed by atoms with Crippen LogP contribution < -0.4 is 0 Å². The van der Waals surface area contributed by atoms with E-state index in [1.54, 1.807) is 0 Å². The number of rotatable bonds is 3. The summed E-state index contributed by atoms with van der Waals surface area (Å²) in [4.78, 5) is 30.4. The Hall–Kier alpha value is -1.79. The number of hydrogen-bond acceptors (Lipinski definition) is 4. The Labute approximate surface area is 170 Å². The summed E-state index contributed by atoms with van der Waals surface area (Å²) in [5.41, 5.74) is 2.99. The highest BCUT2D eigenvalue weighted by atomic mass is 32.2. The maximum absolute atomic E-state index is 13.4. The highest BCUT2D eigenvalue weighted by Crippen LogP contribution is 2.52. The molecule has 0 aliphatic carbocycles. The van der Waals surface area contributed by atoms with Crippen LogP contribution >= 0.6 is 11.8 Å². The second-order valence-corrected chi connectivity index (χ2v) is 9.68. The monoisotopic (exact) mass is 398 g/mol. The molecule has 5 rings (SSSR count). The Morgan fingerprint density at radius 1 is 1.25 bits per heavy atom. The Bertz CT molecular complexity index is 863. The van der Waals surface area contributed by atoms with E-state index in [1.807, 2.05) is 33.7 Å². The van der Waals surface area contributed by atoms with Gasteiger partial charge in [0.25, 0.3) is 0 Å². The molecular weight excluding hydrogens is 372 g/mol. The maximum Gasteiger partial charge on any atom is 0.230 e. The molecule has 1 aromatic rings. The average molecular weight is 399 g/mol. The number of carbonyl (C=O) groups is 2. The number of carbonyl (C=O) groups excluding carboxylic acids is 2. The molecule has 6 heteroatoms. The number of nitrogens with zero attached hydrogens (tertiary/aromatic N) is 2. The van der Waals surface area contributed by atoms with Gasteiger partial charge in [-0.05, 0) is 30.5 Å². The number of amides is 2. The van der Waals surface area contributed by atoms with Gasteiger partial charge in [0.1, 0.15) is 5.60 Å². The summed E-state index contributed by atoms with van der Waals surface area (Å²) in [7, 11) is 0. The van der Waals surface area contributed by atoms with E-state index < -0.39 is 5.60 Å². The molecule has 1 spiro atoms. The van der Waals surface area contributed by atoms with Crippen molar-refractivity contribution in [3.63, 3.8) is 0 Å². The standard InChI is InChI=1S/C22H26N2O3S/c1-14-3-4-16(11-15(14)2)12-24-13-22-6-5-17(27-22)18(19(22)21(24)26)20(25)23-7-9-28-10-8-23/h3-6,11,17-19H,7-10,12-13H2,1-2H3/t17-,18-,19-,22-/m0/s1. The fourth-order valence-corrected chi connectivity index (χ4v) is 6.01. The third-order valence-corrected chi connectivity index (χ3v) is 7.67. The minimum atomic E-state index is -0.619. The number of hydrogen-bond donors (Lipinski definition) is 0. The molecule has 5 nitrogen and oxygen atoms in total. The number of likely N-dealkylation sites (tertiary alicyclic amines) is 1. The third kappa shape index (κ3) is 2.72. The zero-order valence-corrected chi connectivity index (χ0v) is 17.2. The quantitative estimate of drug-likeness (QED) is 0.733. The van der Waals surface area contributed by atoms with Crippen LogP contribution in [-0.4, -0.2) is 64.5 Å². The lowest BCUT2D eigenvalue weighted by molar-refractivity contribution is -0.143. The first-order valence-corrected chi connectivity index (χ1v) is 11.2. The van der Waals surface area contributed by atoms with E-state index >= 15 is 0 Å². The molecule has 28 heavy (non-hydrogen) atoms. The Morgan fingerprint density at radius 3 is 2.79 bits per heavy atom. The van der Waals surface area contributed by atoms with Crippen molar-refractivity contribution in [2.45, 2.75) is 32.1 Å². The Balaban J connectivity index is 1.39. The topological polar surface area (TPSA) is 49.9 Å². The van der Waals surface area contributed by atoms with Crippen molar-refractivity contribution in [3.05, 3.63) is 47.0 Å². The molecule has 3 saturated heterocycles. The highest BCUT2D eigenvalue weighted by molar-refractivity contribution is 7.99. The maximum atomic E-state index is 13.4. The first-order chi connectivity index (χ1) is 13.5. The van der Waals surface area contributed by atoms with Crippen LogP contribution in [0.2, 0.25) is 0 Å². The van der Waals surface area contributed by atoms with Gasteiger partial charge in [0.05, 0.1) is 24.5 Å². The van der Waals surface area contributed by atoms with E-state index in [2.05, 4.69) is 32.0 Å². The van der Waals surface area contributed by atoms with E-state index in [0.717, 1.165) is 30.2 Å². The molecule has 2 amide bonds. The van der Waals surface area contributed by atoms with Crippen molar-refractivity contribution in [3.8, 4) is 0 Å². The molecule has 1 aromatic carbocycles. The molecule has 0 saturated carbocycles. The van der Waals surface area contributed by atoms with Crippen molar-refractivity contribution >= 4 is 23.6 Å². The molecule has 4 heterocycles. The van der Waals surface area contributed by atoms with Gasteiger partial charge in [0.15, 0.2) is 0 Å². The lowest BCUT2D eigenvalue weighted by atomic mass is 9.76. The SMILES string of the molecule is Cc1ccc(CN2C[C@]34C=C[C@H](O3)[C@H](C(=O)N3CCSCC3)[C@H]4C2=O)cc1C. The van der Waals surface area contributed by atoms with Crippen LogP contribution in [0.1, 0.15) is 16.7 Å². The molecule has 0 N–H and O–H groups in total. The highest BCUT2D eigenvalue weighted by Gasteiger charge is 2.67. The molecule has 3 fully saturated rings. The van der Waals surface area contributed by atoms with Crippen molar-refractivity contribution in [2.24, 2.45) is 11.8 Å². The first kappa shape index (κ1) is 18.3. The van der Waals surface area contributed by atoms with Gasteiger partial charge >= 0.3 is 0 Å². The largest absolute Gasteiger partial charge is 0.360 e. The number of aryl methyl sites for hydroxylation is 2. The number of thioether (sulfide) groups is 1. The molecule has 4 aliphatic rings. The summed E-state index contributed by atoms with van der Waals surface area (Å²) in [6, 6.07) is 6.34. The second-order valence-electron chi connectivity index (χ2n) is 8.45. The summed E-state index contributed by atoms with van der Waals surface area (Å²) >= 11 is 1.88. The molecule has 0 unspecified atom stereocenters. The number of ether oxygens (including phenoxy) is 1. The minimum absolute atomic E-state index is 0.0646. The Kier molecular flexibility index (Phi) is 4.32. The number of benzene rings is 1. The average Bonchev–Trinajstić information content (AvgIpc) is 3.33. The zero-order chi connectivity index (χ0) is 19.5. The predicted octanol–water partition coefficient (Wildman–Crippen LogP) is 2.16. The molecule has 2 bridgehead atoms. The van der Waals surface area contributed by atoms with Gasteiger partial charge in [-0.2, -0.15) is 11.8 Å². The van der Waals surface area contributed by atoms with Crippen LogP contribution in [0.25, 0.3) is 0 Å². The van der Waals surface area contributed by atoms with Crippen LogP contribution in [0, 0.1) is 25.7 Å². The molecule has 0 radical (unpaired) electrons. The summed E-state index contributed by atoms with van der Waals surface area (Å²) in [6.45, 7) is 6.85. The summed E-state index contributed by atoms with van der Waals surface area (Å²) in [5.74, 6) is 1.37. The van der Waals surface area contributed by atoms with Crippen molar-refractivity contribution in [1.29, 1.82) is 0 Å². The fourth-order valence-electron chi connectivity index (χ4n) is 5.11. The molecular formula is C22H26N2O3S. The van der Waals surface area contributed by atoms with Crippen LogP contribution in [0.3, 0.4) is 0 Å². The zero-order valence-electron chi connectivity index (χ0n) is 16.4. The summed E-state index contributed by atoms with van der Waals surface area (Å²) < 4.78 is 6.26. The van der Waals surface area contributed by atoms with Crippen molar-refractivity contribution in [1.82, 2.24) is 9.80 Å². The molecule has 4 aliphatic heterocycles. The van der Waals surface area contributed by atoms with Crippen LogP contribution in [0.5, 0.6) is 0 Å². The van der Waals surface area contributed by atoms with E-state index in [1.165, 1.54) is 11.1 Å². The predicted molar refractivity (Wildman–Crippen MR) is 109 cm³/mol. The lowest BCUT2D eigenvalue weighted by Gasteiger charge is -2.32. The molecule has 148 valence electrons. The van der Waals surface area contributed by atoms with Gasteiger partial charge in [-0.3, -0.25) is 9.59 Å². The second kappa shape index (κ2) is 6.63. The van der Waals surface area contributed by atoms with Gasteiger partial charge in [-0.25, -0.2) is 0 Å². The van der Waals surface area contributed by atoms with Crippen molar-refractivity contribution < 1.29 is 14.3 Å². The summed E-state index contributed by atoms with van der Waals surface area (Å²) in [5, 5.41) is 0. The van der Waals surface area contributed by atoms with Gasteiger partial charge in [0, 0.05) is 31.1 Å². The van der Waals surface area contributed by atoms with Gasteiger partial charge in [-0.1, -0.05) is 30.4 Å². The van der Waals surface area contributed by atoms with E-state index in [0.29, 0.717) is 13.1 Å². The van der Waals surface area contributed by atoms with Crippen LogP contribution in [0.4, 0.5) is 0 Å². The van der Waals surface area contributed by atoms with Crippen LogP contribution in [0.15, 0.2) is 30.4 Å². The van der Waals surface area contributed by atoms with Gasteiger partial charge in [-0.15, -0.1) is 0 Å². The molecule has 4 atom stereocenters. The normalized spacial score (nSPS) is 33.6. The van der Waals surface area contributed by atoms with E-state index in [4.69, 9.17) is 4.74 Å². The minimum Gasteiger partial charge on any atom is -0.360 e. The first-order valence-electron chi connectivity index (χ1n) is 10.1. The van der Waals surface area contributed by atoms with E-state index in [-0.39, 0.29) is 29.8 Å². The van der Waals surface area contributed by atoms with Crippen molar-refractivity contribution in [2.75, 3.05) is 31.1 Å².